The number of hydrogen-bond acceptors (Lipinski definition) is 4. The van der Waals surface area contributed by atoms with Gasteiger partial charge in [-0.25, -0.2) is 4.79 Å². The van der Waals surface area contributed by atoms with Gasteiger partial charge in [-0.2, -0.15) is 0 Å². The minimum atomic E-state index is -0.820. The van der Waals surface area contributed by atoms with E-state index in [-0.39, 0.29) is 18.9 Å². The van der Waals surface area contributed by atoms with Crippen molar-refractivity contribution in [1.82, 2.24) is 10.2 Å². The van der Waals surface area contributed by atoms with E-state index < -0.39 is 24.3 Å². The van der Waals surface area contributed by atoms with Gasteiger partial charge in [-0.1, -0.05) is 91.0 Å². The van der Waals surface area contributed by atoms with Crippen LogP contribution < -0.4 is 5.32 Å². The van der Waals surface area contributed by atoms with E-state index in [1.165, 1.54) is 4.90 Å². The molecule has 3 atom stereocenters. The molecule has 0 radical (unpaired) electrons. The van der Waals surface area contributed by atoms with Crippen molar-refractivity contribution in [3.05, 3.63) is 108 Å². The summed E-state index contributed by atoms with van der Waals surface area (Å²) < 4.78 is 5.35. The molecule has 0 aromatic heterocycles. The van der Waals surface area contributed by atoms with E-state index in [4.69, 9.17) is 4.74 Å². The van der Waals surface area contributed by atoms with Crippen LogP contribution in [-0.4, -0.2) is 35.1 Å². The number of nitrogens with zero attached hydrogens (tertiary/aromatic N) is 1. The maximum atomic E-state index is 13.1. The van der Waals surface area contributed by atoms with Gasteiger partial charge in [0.25, 0.3) is 0 Å². The van der Waals surface area contributed by atoms with Crippen molar-refractivity contribution in [2.24, 2.45) is 0 Å². The zero-order valence-corrected chi connectivity index (χ0v) is 18.9. The van der Waals surface area contributed by atoms with E-state index in [0.717, 1.165) is 16.7 Å². The lowest BCUT2D eigenvalue weighted by Crippen LogP contribution is -2.41. The molecule has 6 heteroatoms. The first kappa shape index (κ1) is 24.0. The van der Waals surface area contributed by atoms with Crippen molar-refractivity contribution in [2.75, 3.05) is 7.05 Å². The number of benzene rings is 3. The lowest BCUT2D eigenvalue weighted by atomic mass is 10.0. The third-order valence-corrected chi connectivity index (χ3v) is 5.69. The fraction of sp³-hybridized carbons (Fsp3) is 0.259. The summed E-state index contributed by atoms with van der Waals surface area (Å²) in [6.07, 6.45) is -1.38. The quantitative estimate of drug-likeness (QED) is 0.503. The van der Waals surface area contributed by atoms with Gasteiger partial charge >= 0.3 is 6.09 Å². The zero-order valence-electron chi connectivity index (χ0n) is 18.9. The Balaban J connectivity index is 1.65. The van der Waals surface area contributed by atoms with Crippen LogP contribution in [0.25, 0.3) is 0 Å². The first-order valence-electron chi connectivity index (χ1n) is 11.0. The fourth-order valence-electron chi connectivity index (χ4n) is 3.53. The lowest BCUT2D eigenvalue weighted by molar-refractivity contribution is -0.134. The van der Waals surface area contributed by atoms with Gasteiger partial charge in [0, 0.05) is 7.05 Å². The second kappa shape index (κ2) is 11.8. The minimum absolute atomic E-state index is 0.0345. The van der Waals surface area contributed by atoms with E-state index in [0.29, 0.717) is 0 Å². The highest BCUT2D eigenvalue weighted by Gasteiger charge is 2.27. The summed E-state index contributed by atoms with van der Waals surface area (Å²) in [5.74, 6) is -0.199. The van der Waals surface area contributed by atoms with Crippen LogP contribution in [0.1, 0.15) is 42.2 Å². The smallest absolute Gasteiger partial charge is 0.407 e. The van der Waals surface area contributed by atoms with Crippen LogP contribution in [0.15, 0.2) is 91.0 Å². The summed E-state index contributed by atoms with van der Waals surface area (Å²) in [6, 6.07) is 26.9. The van der Waals surface area contributed by atoms with Crippen LogP contribution in [0.2, 0.25) is 0 Å². The van der Waals surface area contributed by atoms with Crippen molar-refractivity contribution in [1.29, 1.82) is 0 Å². The predicted octanol–water partition coefficient (Wildman–Crippen LogP) is 4.62. The molecule has 0 saturated heterocycles. The number of likely N-dealkylation sites (N-methyl/N-ethyl adjacent to an activating group) is 1. The molecule has 0 saturated carbocycles. The van der Waals surface area contributed by atoms with E-state index in [9.17, 15) is 14.7 Å². The Kier molecular flexibility index (Phi) is 8.61. The predicted molar refractivity (Wildman–Crippen MR) is 127 cm³/mol. The van der Waals surface area contributed by atoms with E-state index in [1.54, 1.807) is 14.0 Å². The number of rotatable bonds is 9. The number of aliphatic hydroxyl groups excluding tert-OH is 1. The number of aliphatic hydroxyl groups is 1. The topological polar surface area (TPSA) is 78.9 Å². The van der Waals surface area contributed by atoms with Gasteiger partial charge in [0.2, 0.25) is 5.91 Å². The first-order chi connectivity index (χ1) is 16.0. The summed E-state index contributed by atoms with van der Waals surface area (Å²) in [5.41, 5.74) is 2.42. The van der Waals surface area contributed by atoms with Crippen molar-refractivity contribution >= 4 is 12.0 Å². The first-order valence-corrected chi connectivity index (χ1v) is 11.0. The zero-order chi connectivity index (χ0) is 23.6. The molecule has 0 aliphatic carbocycles. The van der Waals surface area contributed by atoms with Crippen LogP contribution in [0.4, 0.5) is 4.79 Å². The summed E-state index contributed by atoms with van der Waals surface area (Å²) in [7, 11) is 1.66. The molecule has 0 bridgehead atoms. The van der Waals surface area contributed by atoms with Gasteiger partial charge < -0.3 is 20.1 Å². The Morgan fingerprint density at radius 1 is 0.879 bits per heavy atom. The van der Waals surface area contributed by atoms with Crippen molar-refractivity contribution in [2.45, 2.75) is 38.1 Å². The van der Waals surface area contributed by atoms with Gasteiger partial charge in [-0.15, -0.1) is 0 Å². The van der Waals surface area contributed by atoms with E-state index in [1.807, 2.05) is 91.0 Å². The monoisotopic (exact) mass is 446 g/mol. The maximum Gasteiger partial charge on any atom is 0.407 e. The Bertz CT molecular complexity index is 1010. The number of carbonyl (C=O) groups is 2. The number of nitrogens with one attached hydrogen (secondary N) is 1. The Morgan fingerprint density at radius 2 is 1.39 bits per heavy atom. The molecule has 0 fully saturated rings. The normalized spacial score (nSPS) is 13.4. The highest BCUT2D eigenvalue weighted by Crippen LogP contribution is 2.23. The number of carbonyl (C=O) groups excluding carboxylic acids is 2. The molecule has 172 valence electrons. The number of hydrogen-bond donors (Lipinski definition) is 2. The van der Waals surface area contributed by atoms with Crippen molar-refractivity contribution < 1.29 is 19.4 Å². The third-order valence-electron chi connectivity index (χ3n) is 5.69. The largest absolute Gasteiger partial charge is 0.445 e. The molecule has 0 heterocycles. The highest BCUT2D eigenvalue weighted by molar-refractivity contribution is 5.78. The molecule has 3 rings (SSSR count). The lowest BCUT2D eigenvalue weighted by Gasteiger charge is -2.30. The van der Waals surface area contributed by atoms with Gasteiger partial charge in [0.1, 0.15) is 6.61 Å². The minimum Gasteiger partial charge on any atom is -0.445 e. The number of amides is 2. The number of alkyl carbamates (subject to hydrolysis) is 1. The molecule has 2 N–H and O–H groups in total. The van der Waals surface area contributed by atoms with Crippen LogP contribution in [0.5, 0.6) is 0 Å². The van der Waals surface area contributed by atoms with Gasteiger partial charge in [-0.05, 0) is 23.6 Å². The maximum absolute atomic E-state index is 13.1. The fourth-order valence-corrected chi connectivity index (χ4v) is 3.53. The molecule has 0 aliphatic rings. The molecule has 33 heavy (non-hydrogen) atoms. The summed E-state index contributed by atoms with van der Waals surface area (Å²) in [4.78, 5) is 27.1. The van der Waals surface area contributed by atoms with Gasteiger partial charge in [0.05, 0.1) is 24.6 Å². The average molecular weight is 447 g/mol. The van der Waals surface area contributed by atoms with Crippen LogP contribution >= 0.6 is 0 Å². The molecule has 3 aromatic rings. The van der Waals surface area contributed by atoms with Crippen LogP contribution in [0.3, 0.4) is 0 Å². The molecule has 0 unspecified atom stereocenters. The Morgan fingerprint density at radius 3 is 1.97 bits per heavy atom. The molecule has 6 nitrogen and oxygen atoms in total. The number of ether oxygens (including phenoxy) is 1. The Labute approximate surface area is 194 Å². The van der Waals surface area contributed by atoms with E-state index >= 15 is 0 Å². The molecule has 3 aromatic carbocycles. The summed E-state index contributed by atoms with van der Waals surface area (Å²) in [5, 5.41) is 13.5. The average Bonchev–Trinajstić information content (AvgIpc) is 2.87. The van der Waals surface area contributed by atoms with Gasteiger partial charge in [-0.3, -0.25) is 4.79 Å². The Hall–Kier alpha value is -3.64. The van der Waals surface area contributed by atoms with Crippen LogP contribution in [0, 0.1) is 0 Å². The molecular formula is C27H30N2O4. The third kappa shape index (κ3) is 6.92. The standard InChI is InChI=1S/C27H30N2O4/c1-20(26(31)23-16-10-5-11-17-23)29(2)25(30)18-24(22-14-8-4-9-15-22)28-27(32)33-19-21-12-6-3-7-13-21/h3-17,20,24,26,31H,18-19H2,1-2H3,(H,28,32)/t20-,24-,26+/m0/s1. The second-order valence-electron chi connectivity index (χ2n) is 7.97. The molecule has 0 spiro atoms. The second-order valence-corrected chi connectivity index (χ2v) is 7.97. The SMILES string of the molecule is C[C@@H]([C@@H](O)c1ccccc1)N(C)C(=O)C[C@H](NC(=O)OCc1ccccc1)c1ccccc1. The summed E-state index contributed by atoms with van der Waals surface area (Å²) in [6.45, 7) is 1.94. The summed E-state index contributed by atoms with van der Waals surface area (Å²) >= 11 is 0. The molecular weight excluding hydrogens is 416 g/mol. The molecule has 2 amide bonds. The van der Waals surface area contributed by atoms with Gasteiger partial charge in [0.15, 0.2) is 0 Å². The van der Waals surface area contributed by atoms with Crippen molar-refractivity contribution in [3.8, 4) is 0 Å². The van der Waals surface area contributed by atoms with E-state index in [2.05, 4.69) is 5.32 Å². The highest BCUT2D eigenvalue weighted by atomic mass is 16.5. The van der Waals surface area contributed by atoms with Crippen LogP contribution in [-0.2, 0) is 16.1 Å². The van der Waals surface area contributed by atoms with Crippen molar-refractivity contribution in [3.63, 3.8) is 0 Å². The molecule has 0 aliphatic heterocycles.